The summed E-state index contributed by atoms with van der Waals surface area (Å²) in [4.78, 5) is 34.1. The number of aryl methyl sites for hydroxylation is 6. The Morgan fingerprint density at radius 2 is 0.932 bits per heavy atom. The summed E-state index contributed by atoms with van der Waals surface area (Å²) < 4.78 is 100. The van der Waals surface area contributed by atoms with E-state index in [1.807, 2.05) is 27.7 Å². The van der Waals surface area contributed by atoms with Crippen molar-refractivity contribution in [2.75, 3.05) is 104 Å². The molecule has 3 saturated heterocycles. The van der Waals surface area contributed by atoms with Crippen molar-refractivity contribution in [2.24, 2.45) is 0 Å². The van der Waals surface area contributed by atoms with Gasteiger partial charge in [0.25, 0.3) is 10.0 Å². The number of morpholine rings is 3. The van der Waals surface area contributed by atoms with Gasteiger partial charge in [-0.05, 0) is 189 Å². The van der Waals surface area contributed by atoms with E-state index in [1.54, 1.807) is 22.9 Å². The number of Topliss-reactive ketones (excluding diaryl/α,β-unsaturated/α-hetero) is 2. The van der Waals surface area contributed by atoms with Gasteiger partial charge in [-0.2, -0.15) is 5.26 Å². The summed E-state index contributed by atoms with van der Waals surface area (Å²) in [5.41, 5.74) is 23.0. The third-order valence-corrected chi connectivity index (χ3v) is 19.9. The van der Waals surface area contributed by atoms with Crippen molar-refractivity contribution in [3.63, 3.8) is 0 Å². The van der Waals surface area contributed by atoms with Crippen LogP contribution < -0.4 is 54.7 Å². The number of ether oxygens (including phenoxy) is 3. The number of benzene rings is 5. The zero-order chi connectivity index (χ0) is 63.3. The molecule has 2 aromatic heterocycles. The summed E-state index contributed by atoms with van der Waals surface area (Å²) in [6.07, 6.45) is 0.315. The van der Waals surface area contributed by atoms with Crippen LogP contribution in [-0.4, -0.2) is 107 Å². The van der Waals surface area contributed by atoms with Crippen molar-refractivity contribution in [2.45, 2.75) is 91.9 Å². The molecular formula is C65H76F2N7NaO9S4. The van der Waals surface area contributed by atoms with E-state index < -0.39 is 31.7 Å². The fourth-order valence-corrected chi connectivity index (χ4v) is 15.0. The molecule has 3 aliphatic heterocycles. The molecule has 0 atom stereocenters. The molecule has 0 amide bonds. The minimum absolute atomic E-state index is 0. The van der Waals surface area contributed by atoms with Crippen molar-refractivity contribution >= 4 is 88.4 Å². The second kappa shape index (κ2) is 32.0. The van der Waals surface area contributed by atoms with Crippen LogP contribution in [0.3, 0.4) is 0 Å². The number of nitrogens with two attached hydrogens (primary N) is 1. The number of nitrogens with zero attached hydrogens (tertiary/aromatic N) is 5. The number of anilines is 5. The Bertz CT molecular complexity index is 3650. The van der Waals surface area contributed by atoms with Crippen LogP contribution in [0.2, 0.25) is 0 Å². The zero-order valence-electron chi connectivity index (χ0n) is 51.9. The average molecular weight is 1290 g/mol. The third kappa shape index (κ3) is 17.6. The van der Waals surface area contributed by atoms with Crippen molar-refractivity contribution in [1.29, 1.82) is 5.26 Å². The zero-order valence-corrected chi connectivity index (χ0v) is 57.2. The Morgan fingerprint density at radius 1 is 0.568 bits per heavy atom. The molecule has 0 bridgehead atoms. The smallest absolute Gasteiger partial charge is 0.571 e. The molecule has 23 heteroatoms. The van der Waals surface area contributed by atoms with Crippen LogP contribution >= 0.6 is 22.7 Å². The van der Waals surface area contributed by atoms with E-state index in [-0.39, 0.29) is 80.0 Å². The maximum absolute atomic E-state index is 13.3. The summed E-state index contributed by atoms with van der Waals surface area (Å²) >= 11 is 2.37. The van der Waals surface area contributed by atoms with Crippen LogP contribution in [0.25, 0.3) is 4.72 Å². The van der Waals surface area contributed by atoms with Crippen molar-refractivity contribution in [1.82, 2.24) is 0 Å². The molecule has 0 spiro atoms. The van der Waals surface area contributed by atoms with Crippen LogP contribution in [-0.2, 0) is 47.1 Å². The molecule has 16 nitrogen and oxygen atoms in total. The van der Waals surface area contributed by atoms with Gasteiger partial charge in [-0.25, -0.2) is 25.6 Å². The van der Waals surface area contributed by atoms with Crippen LogP contribution in [0, 0.1) is 85.3 Å². The third-order valence-electron chi connectivity index (χ3n) is 15.3. The first kappa shape index (κ1) is 70.9. The molecule has 0 radical (unpaired) electrons. The second-order valence-electron chi connectivity index (χ2n) is 21.4. The fourth-order valence-electron chi connectivity index (χ4n) is 11.3. The minimum atomic E-state index is -4.08. The van der Waals surface area contributed by atoms with Gasteiger partial charge in [0.05, 0.1) is 70.9 Å². The predicted molar refractivity (Wildman–Crippen MR) is 345 cm³/mol. The maximum Gasteiger partial charge on any atom is 1.00 e. The van der Waals surface area contributed by atoms with Gasteiger partial charge < -0.3 is 39.4 Å². The second-order valence-corrected chi connectivity index (χ2v) is 26.5. The van der Waals surface area contributed by atoms with E-state index in [0.29, 0.717) is 31.3 Å². The molecule has 5 aromatic carbocycles. The molecule has 464 valence electrons. The largest absolute Gasteiger partial charge is 1.00 e. The molecule has 0 saturated carbocycles. The van der Waals surface area contributed by atoms with Gasteiger partial charge in [0.15, 0.2) is 11.6 Å². The molecule has 10 rings (SSSR count). The Balaban J connectivity index is 0.000000217. The summed E-state index contributed by atoms with van der Waals surface area (Å²) in [5.74, 6) is -1.41. The van der Waals surface area contributed by atoms with E-state index >= 15 is 0 Å². The number of hydrogen-bond donors (Lipinski definition) is 2. The molecule has 3 N–H and O–H groups in total. The summed E-state index contributed by atoms with van der Waals surface area (Å²) in [6, 6.07) is 20.2. The first-order chi connectivity index (χ1) is 41.4. The normalized spacial score (nSPS) is 14.1. The van der Waals surface area contributed by atoms with E-state index in [4.69, 9.17) is 25.2 Å². The van der Waals surface area contributed by atoms with E-state index in [1.165, 1.54) is 70.2 Å². The quantitative estimate of drug-likeness (QED) is 0.0555. The number of halogens is 2. The molecule has 88 heavy (non-hydrogen) atoms. The summed E-state index contributed by atoms with van der Waals surface area (Å²) in [7, 11) is -8.03. The van der Waals surface area contributed by atoms with E-state index in [0.717, 1.165) is 150 Å². The molecule has 5 heterocycles. The Morgan fingerprint density at radius 3 is 1.36 bits per heavy atom. The minimum Gasteiger partial charge on any atom is -0.571 e. The molecule has 0 unspecified atom stereocenters. The maximum atomic E-state index is 13.3. The molecule has 3 fully saturated rings. The summed E-state index contributed by atoms with van der Waals surface area (Å²) in [6.45, 7) is 29.4. The Labute approximate surface area is 547 Å². The monoisotopic (exact) mass is 1290 g/mol. The fraction of sp³-hybridized carbons (Fsp3) is 0.369. The van der Waals surface area contributed by atoms with Crippen LogP contribution in [0.15, 0.2) is 99.4 Å². The number of nitrogen functional groups attached to an aromatic ring is 1. The van der Waals surface area contributed by atoms with Gasteiger partial charge in [-0.3, -0.25) is 14.3 Å². The van der Waals surface area contributed by atoms with Crippen LogP contribution in [0.4, 0.5) is 42.9 Å². The molecule has 3 aliphatic rings. The Hall–Kier alpha value is -6.23. The Kier molecular flexibility index (Phi) is 25.7. The van der Waals surface area contributed by atoms with E-state index in [9.17, 15) is 35.2 Å². The number of rotatable bonds is 15. The standard InChI is InChI=1S/2C25H27FN2O4S2.C13H20N2O.C2H3N.Na/c2*1-16-14-17(2)24(28-9-11-32-12-10-28)18(3)21(16)15-23(29)25-22(8-13-33-25)27-34(30,31)20-6-4-19(26)5-7-20;1-9-8-10(2)13(11(3)12(9)14)15-4-6-16-7-5-15;1-2-3;/h4-8,13-14H,9-12,15H2,1-3H3,(H,27,29);4-8,13-14,27H,9-12,15H2,1-3H3;8H,4-7,14H2,1-3H3;1H3;/q;;;;+1/p-1. The van der Waals surface area contributed by atoms with E-state index in [2.05, 4.69) is 77.0 Å². The number of thiophene rings is 2. The molecule has 0 aliphatic carbocycles. The predicted octanol–water partition coefficient (Wildman–Crippen LogP) is 9.91. The molecular weight excluding hydrogens is 1210 g/mol. The number of nitrogens with one attached hydrogen (secondary N) is 1. The van der Waals surface area contributed by atoms with Gasteiger partial charge >= 0.3 is 29.6 Å². The van der Waals surface area contributed by atoms with Crippen molar-refractivity contribution in [3.8, 4) is 6.07 Å². The van der Waals surface area contributed by atoms with Crippen LogP contribution in [0.1, 0.15) is 87.5 Å². The average Bonchev–Trinajstić information content (AvgIpc) is 2.40. The van der Waals surface area contributed by atoms with Crippen molar-refractivity contribution in [3.05, 3.63) is 177 Å². The van der Waals surface area contributed by atoms with Gasteiger partial charge in [0, 0.05) is 81.8 Å². The van der Waals surface area contributed by atoms with Gasteiger partial charge in [-0.1, -0.05) is 24.3 Å². The van der Waals surface area contributed by atoms with Gasteiger partial charge in [-0.15, -0.1) is 28.4 Å². The van der Waals surface area contributed by atoms with Crippen molar-refractivity contribution < 1.29 is 79.0 Å². The van der Waals surface area contributed by atoms with Crippen LogP contribution in [0.5, 0.6) is 0 Å². The molecule has 7 aromatic rings. The topological polar surface area (TPSA) is 216 Å². The number of carbonyl (C=O) groups excluding carboxylic acids is 2. The number of hydrogen-bond acceptors (Lipinski definition) is 16. The van der Waals surface area contributed by atoms with Gasteiger partial charge in [0.2, 0.25) is 0 Å². The first-order valence-corrected chi connectivity index (χ1v) is 33.1. The number of carbonyl (C=O) groups is 2. The number of nitriles is 1. The first-order valence-electron chi connectivity index (χ1n) is 28.4. The number of ketones is 2. The van der Waals surface area contributed by atoms with Gasteiger partial charge in [0.1, 0.15) is 21.7 Å². The summed E-state index contributed by atoms with van der Waals surface area (Å²) in [5, 5.41) is 10.7. The number of sulfonamides is 2. The SMILES string of the molecule is CC#N.Cc1cc(C)c(N2CCOCC2)c(C)c1CC(=O)c1sccc1NS(=O)(=O)c1ccc(F)cc1.Cc1cc(C)c(N2CCOCC2)c(C)c1CC(=O)c1sccc1[N-]S(=O)(=O)c1ccc(F)cc1.Cc1cc(C)c(N2CCOCC2)c(C)c1N.[Na+].